The molecule has 0 amide bonds. The number of nitrogens with two attached hydrogens (primary N) is 1. The summed E-state index contributed by atoms with van der Waals surface area (Å²) in [5, 5.41) is 0. The number of nitrogen functional groups attached to an aromatic ring is 1. The first-order valence-electron chi connectivity index (χ1n) is 6.71. The summed E-state index contributed by atoms with van der Waals surface area (Å²) in [6, 6.07) is 10.2. The summed E-state index contributed by atoms with van der Waals surface area (Å²) in [5.41, 5.74) is 8.65. The van der Waals surface area contributed by atoms with E-state index in [9.17, 15) is 8.78 Å². The summed E-state index contributed by atoms with van der Waals surface area (Å²) in [7, 11) is 0. The normalized spacial score (nSPS) is 11.2. The Balaban J connectivity index is 1.95. The van der Waals surface area contributed by atoms with Crippen molar-refractivity contribution in [2.45, 2.75) is 19.9 Å². The molecular formula is C16H15F2N3. The molecule has 21 heavy (non-hydrogen) atoms. The molecule has 3 rings (SSSR count). The van der Waals surface area contributed by atoms with Gasteiger partial charge in [0.2, 0.25) is 5.95 Å². The van der Waals surface area contributed by atoms with Crippen LogP contribution in [0.25, 0.3) is 11.0 Å². The molecule has 0 fully saturated rings. The fourth-order valence-corrected chi connectivity index (χ4v) is 2.51. The molecule has 2 aromatic carbocycles. The van der Waals surface area contributed by atoms with Gasteiger partial charge in [-0.2, -0.15) is 0 Å². The van der Waals surface area contributed by atoms with Gasteiger partial charge in [0.25, 0.3) is 0 Å². The van der Waals surface area contributed by atoms with E-state index in [2.05, 4.69) is 11.1 Å². The van der Waals surface area contributed by atoms with Crippen LogP contribution in [0.3, 0.4) is 0 Å². The molecule has 0 aliphatic rings. The molecule has 0 bridgehead atoms. The Morgan fingerprint density at radius 2 is 2.00 bits per heavy atom. The van der Waals surface area contributed by atoms with Crippen molar-refractivity contribution < 1.29 is 8.78 Å². The molecule has 0 aliphatic heterocycles. The standard InChI is InChI=1S/C16H15F2N3/c1-10-3-2-4-11(7-10)5-6-21-14-9-12(17)8-13(18)15(14)20-16(21)19/h2-4,7-9H,5-6H2,1H3,(H2,19,20). The van der Waals surface area contributed by atoms with Crippen LogP contribution in [0.1, 0.15) is 11.1 Å². The minimum absolute atomic E-state index is 0.109. The summed E-state index contributed by atoms with van der Waals surface area (Å²) in [6.07, 6.45) is 0.718. The van der Waals surface area contributed by atoms with E-state index < -0.39 is 11.6 Å². The van der Waals surface area contributed by atoms with Crippen LogP contribution in [0.5, 0.6) is 0 Å². The van der Waals surface area contributed by atoms with E-state index in [-0.39, 0.29) is 11.5 Å². The van der Waals surface area contributed by atoms with E-state index in [0.29, 0.717) is 12.1 Å². The number of anilines is 1. The third-order valence-corrected chi connectivity index (χ3v) is 3.51. The van der Waals surface area contributed by atoms with Crippen LogP contribution in [0.2, 0.25) is 0 Å². The van der Waals surface area contributed by atoms with Gasteiger partial charge in [0.05, 0.1) is 5.52 Å². The van der Waals surface area contributed by atoms with Gasteiger partial charge in [-0.15, -0.1) is 0 Å². The third-order valence-electron chi connectivity index (χ3n) is 3.51. The molecule has 0 radical (unpaired) electrons. The summed E-state index contributed by atoms with van der Waals surface area (Å²) in [6.45, 7) is 2.55. The highest BCUT2D eigenvalue weighted by atomic mass is 19.1. The van der Waals surface area contributed by atoms with Crippen molar-refractivity contribution in [2.24, 2.45) is 0 Å². The Labute approximate surface area is 121 Å². The molecule has 0 unspecified atom stereocenters. The van der Waals surface area contributed by atoms with E-state index in [4.69, 9.17) is 5.73 Å². The maximum atomic E-state index is 13.7. The maximum absolute atomic E-state index is 13.7. The Morgan fingerprint density at radius 3 is 2.76 bits per heavy atom. The van der Waals surface area contributed by atoms with Crippen molar-refractivity contribution in [3.63, 3.8) is 0 Å². The number of aromatic nitrogens is 2. The van der Waals surface area contributed by atoms with E-state index in [0.717, 1.165) is 18.1 Å². The van der Waals surface area contributed by atoms with E-state index in [1.807, 2.05) is 25.1 Å². The number of fused-ring (bicyclic) bond motifs is 1. The second kappa shape index (κ2) is 5.16. The van der Waals surface area contributed by atoms with Crippen molar-refractivity contribution in [2.75, 3.05) is 5.73 Å². The fraction of sp³-hybridized carbons (Fsp3) is 0.188. The lowest BCUT2D eigenvalue weighted by Crippen LogP contribution is -2.06. The minimum atomic E-state index is -0.689. The number of benzene rings is 2. The predicted molar refractivity (Wildman–Crippen MR) is 78.9 cm³/mol. The smallest absolute Gasteiger partial charge is 0.201 e. The van der Waals surface area contributed by atoms with Crippen LogP contribution in [-0.2, 0) is 13.0 Å². The Kier molecular flexibility index (Phi) is 3.33. The molecule has 3 nitrogen and oxygen atoms in total. The topological polar surface area (TPSA) is 43.8 Å². The molecule has 0 saturated carbocycles. The zero-order valence-electron chi connectivity index (χ0n) is 11.6. The summed E-state index contributed by atoms with van der Waals surface area (Å²) < 4.78 is 28.7. The van der Waals surface area contributed by atoms with Gasteiger partial charge in [-0.05, 0) is 18.9 Å². The third kappa shape index (κ3) is 2.59. The number of hydrogen-bond donors (Lipinski definition) is 1. The first-order chi connectivity index (χ1) is 10.0. The van der Waals surface area contributed by atoms with Gasteiger partial charge in [-0.3, -0.25) is 0 Å². The maximum Gasteiger partial charge on any atom is 0.201 e. The van der Waals surface area contributed by atoms with Crippen LogP contribution in [0.4, 0.5) is 14.7 Å². The predicted octanol–water partition coefficient (Wildman–Crippen LogP) is 3.45. The van der Waals surface area contributed by atoms with Crippen molar-refractivity contribution >= 4 is 17.0 Å². The van der Waals surface area contributed by atoms with Gasteiger partial charge in [-0.25, -0.2) is 13.8 Å². The number of aryl methyl sites for hydroxylation is 3. The van der Waals surface area contributed by atoms with Crippen LogP contribution >= 0.6 is 0 Å². The quantitative estimate of drug-likeness (QED) is 0.802. The highest BCUT2D eigenvalue weighted by Gasteiger charge is 2.13. The number of rotatable bonds is 3. The van der Waals surface area contributed by atoms with Gasteiger partial charge in [-0.1, -0.05) is 29.8 Å². The number of halogens is 2. The Morgan fingerprint density at radius 1 is 1.19 bits per heavy atom. The fourth-order valence-electron chi connectivity index (χ4n) is 2.51. The van der Waals surface area contributed by atoms with Crippen LogP contribution in [-0.4, -0.2) is 9.55 Å². The minimum Gasteiger partial charge on any atom is -0.369 e. The average Bonchev–Trinajstić information content (AvgIpc) is 2.73. The summed E-state index contributed by atoms with van der Waals surface area (Å²) >= 11 is 0. The second-order valence-corrected chi connectivity index (χ2v) is 5.12. The van der Waals surface area contributed by atoms with Crippen LogP contribution < -0.4 is 5.73 Å². The van der Waals surface area contributed by atoms with Crippen molar-refractivity contribution in [1.29, 1.82) is 0 Å². The second-order valence-electron chi connectivity index (χ2n) is 5.12. The van der Waals surface area contributed by atoms with Crippen molar-refractivity contribution in [3.8, 4) is 0 Å². The SMILES string of the molecule is Cc1cccc(CCn2c(N)nc3c(F)cc(F)cc32)c1. The molecule has 2 N–H and O–H groups in total. The molecule has 1 heterocycles. The molecule has 0 aliphatic carbocycles. The van der Waals surface area contributed by atoms with Gasteiger partial charge in [0.1, 0.15) is 11.3 Å². The van der Waals surface area contributed by atoms with Crippen LogP contribution in [0.15, 0.2) is 36.4 Å². The van der Waals surface area contributed by atoms with E-state index in [1.165, 1.54) is 11.6 Å². The number of nitrogens with zero attached hydrogens (tertiary/aromatic N) is 2. The molecule has 5 heteroatoms. The first kappa shape index (κ1) is 13.5. The molecule has 3 aromatic rings. The number of imidazole rings is 1. The van der Waals surface area contributed by atoms with Crippen LogP contribution in [0, 0.1) is 18.6 Å². The van der Waals surface area contributed by atoms with Crippen molar-refractivity contribution in [1.82, 2.24) is 9.55 Å². The highest BCUT2D eigenvalue weighted by molar-refractivity contribution is 5.79. The van der Waals surface area contributed by atoms with Gasteiger partial charge in [0, 0.05) is 18.7 Å². The largest absolute Gasteiger partial charge is 0.369 e. The lowest BCUT2D eigenvalue weighted by Gasteiger charge is -2.07. The van der Waals surface area contributed by atoms with Gasteiger partial charge >= 0.3 is 0 Å². The lowest BCUT2D eigenvalue weighted by molar-refractivity contribution is 0.589. The average molecular weight is 287 g/mol. The van der Waals surface area contributed by atoms with Gasteiger partial charge in [0.15, 0.2) is 5.82 Å². The van der Waals surface area contributed by atoms with Crippen molar-refractivity contribution in [3.05, 3.63) is 59.2 Å². The molecule has 0 saturated heterocycles. The summed E-state index contributed by atoms with van der Waals surface area (Å²) in [4.78, 5) is 3.98. The zero-order valence-corrected chi connectivity index (χ0v) is 11.6. The molecular weight excluding hydrogens is 272 g/mol. The van der Waals surface area contributed by atoms with E-state index >= 15 is 0 Å². The Bertz CT molecular complexity index is 809. The Hall–Kier alpha value is -2.43. The monoisotopic (exact) mass is 287 g/mol. The van der Waals surface area contributed by atoms with E-state index in [1.54, 1.807) is 4.57 Å². The molecule has 0 atom stereocenters. The van der Waals surface area contributed by atoms with Gasteiger partial charge < -0.3 is 10.3 Å². The molecule has 1 aromatic heterocycles. The lowest BCUT2D eigenvalue weighted by atomic mass is 10.1. The summed E-state index contributed by atoms with van der Waals surface area (Å²) in [5.74, 6) is -1.12. The number of hydrogen-bond acceptors (Lipinski definition) is 2. The molecule has 108 valence electrons. The molecule has 0 spiro atoms. The first-order valence-corrected chi connectivity index (χ1v) is 6.71. The zero-order chi connectivity index (χ0) is 15.0. The highest BCUT2D eigenvalue weighted by Crippen LogP contribution is 2.22.